The van der Waals surface area contributed by atoms with Crippen molar-refractivity contribution in [3.05, 3.63) is 77.9 Å². The Balaban J connectivity index is 1.41. The summed E-state index contributed by atoms with van der Waals surface area (Å²) in [5, 5.41) is 7.58. The number of para-hydroxylation sites is 1. The van der Waals surface area contributed by atoms with Crippen LogP contribution < -0.4 is 5.32 Å². The van der Waals surface area contributed by atoms with E-state index in [4.69, 9.17) is 0 Å². The molecule has 1 aromatic carbocycles. The summed E-state index contributed by atoms with van der Waals surface area (Å²) in [7, 11) is 0. The monoisotopic (exact) mass is 348 g/mol. The second kappa shape index (κ2) is 8.94. The second-order valence-electron chi connectivity index (χ2n) is 6.33. The summed E-state index contributed by atoms with van der Waals surface area (Å²) in [6.07, 6.45) is 8.66. The van der Waals surface area contributed by atoms with Gasteiger partial charge in [0.25, 0.3) is 0 Å². The topological polar surface area (TPSA) is 59.8 Å². The number of nitrogens with zero attached hydrogens (tertiary/aromatic N) is 3. The molecule has 0 aliphatic rings. The van der Waals surface area contributed by atoms with Crippen molar-refractivity contribution >= 4 is 5.91 Å². The van der Waals surface area contributed by atoms with Crippen LogP contribution in [0, 0.1) is 6.92 Å². The van der Waals surface area contributed by atoms with Crippen LogP contribution in [0.1, 0.15) is 29.7 Å². The number of pyridine rings is 1. The van der Waals surface area contributed by atoms with Gasteiger partial charge in [0.15, 0.2) is 0 Å². The molecule has 3 rings (SSSR count). The molecule has 0 aliphatic carbocycles. The third-order valence-corrected chi connectivity index (χ3v) is 4.36. The van der Waals surface area contributed by atoms with Crippen molar-refractivity contribution in [2.24, 2.45) is 0 Å². The quantitative estimate of drug-likeness (QED) is 0.636. The Hall–Kier alpha value is -2.95. The smallest absolute Gasteiger partial charge is 0.220 e. The fourth-order valence-corrected chi connectivity index (χ4v) is 2.86. The van der Waals surface area contributed by atoms with Crippen LogP contribution in [-0.2, 0) is 17.6 Å². The molecule has 1 amide bonds. The lowest BCUT2D eigenvalue weighted by molar-refractivity contribution is -0.121. The van der Waals surface area contributed by atoms with Crippen molar-refractivity contribution in [3.63, 3.8) is 0 Å². The number of rotatable bonds is 8. The van der Waals surface area contributed by atoms with Gasteiger partial charge in [0.05, 0.1) is 11.4 Å². The van der Waals surface area contributed by atoms with Crippen LogP contribution in [0.5, 0.6) is 0 Å². The number of amides is 1. The van der Waals surface area contributed by atoms with Crippen molar-refractivity contribution in [1.29, 1.82) is 0 Å². The van der Waals surface area contributed by atoms with Gasteiger partial charge >= 0.3 is 0 Å². The molecule has 0 bridgehead atoms. The van der Waals surface area contributed by atoms with Crippen molar-refractivity contribution in [2.75, 3.05) is 6.54 Å². The fraction of sp³-hybridized carbons (Fsp3) is 0.286. The van der Waals surface area contributed by atoms with E-state index in [0.29, 0.717) is 13.0 Å². The molecule has 134 valence electrons. The lowest BCUT2D eigenvalue weighted by Gasteiger charge is -2.05. The predicted molar refractivity (Wildman–Crippen MR) is 102 cm³/mol. The minimum atomic E-state index is 0.0958. The van der Waals surface area contributed by atoms with E-state index in [-0.39, 0.29) is 5.91 Å². The average Bonchev–Trinajstić information content (AvgIpc) is 3.06. The van der Waals surface area contributed by atoms with Crippen molar-refractivity contribution < 1.29 is 4.79 Å². The summed E-state index contributed by atoms with van der Waals surface area (Å²) in [6, 6.07) is 14.0. The van der Waals surface area contributed by atoms with Crippen LogP contribution in [0.25, 0.3) is 5.69 Å². The zero-order valence-corrected chi connectivity index (χ0v) is 15.1. The normalized spacial score (nSPS) is 10.7. The highest BCUT2D eigenvalue weighted by Gasteiger charge is 2.07. The molecular formula is C21H24N4O. The maximum atomic E-state index is 11.9. The molecule has 0 fully saturated rings. The fourth-order valence-electron chi connectivity index (χ4n) is 2.86. The minimum absolute atomic E-state index is 0.0958. The van der Waals surface area contributed by atoms with E-state index in [2.05, 4.69) is 21.6 Å². The van der Waals surface area contributed by atoms with Gasteiger partial charge in [-0.1, -0.05) is 18.2 Å². The van der Waals surface area contributed by atoms with E-state index < -0.39 is 0 Å². The standard InChI is InChI=1S/C21H24N4O/c1-17-19(16-25(24-17)20-7-3-2-4-8-20)6-5-13-23-21(26)10-9-18-11-14-22-15-12-18/h2-4,7-8,11-12,14-16H,5-6,9-10,13H2,1H3,(H,23,26). The summed E-state index contributed by atoms with van der Waals surface area (Å²) in [4.78, 5) is 15.9. The third kappa shape index (κ3) is 5.02. The average molecular weight is 348 g/mol. The summed E-state index contributed by atoms with van der Waals surface area (Å²) < 4.78 is 1.91. The van der Waals surface area contributed by atoms with Crippen LogP contribution in [-0.4, -0.2) is 27.2 Å². The van der Waals surface area contributed by atoms with Gasteiger partial charge in [-0.05, 0) is 61.6 Å². The van der Waals surface area contributed by atoms with Crippen LogP contribution in [0.2, 0.25) is 0 Å². The first-order valence-electron chi connectivity index (χ1n) is 8.98. The van der Waals surface area contributed by atoms with Gasteiger partial charge in [0, 0.05) is 31.6 Å². The molecule has 1 N–H and O–H groups in total. The molecule has 5 nitrogen and oxygen atoms in total. The highest BCUT2D eigenvalue weighted by Crippen LogP contribution is 2.13. The van der Waals surface area contributed by atoms with Crippen molar-refractivity contribution in [1.82, 2.24) is 20.1 Å². The van der Waals surface area contributed by atoms with Crippen LogP contribution in [0.15, 0.2) is 61.1 Å². The number of aromatic nitrogens is 3. The molecule has 3 aromatic rings. The van der Waals surface area contributed by atoms with E-state index in [1.807, 2.05) is 54.1 Å². The van der Waals surface area contributed by atoms with Crippen LogP contribution in [0.4, 0.5) is 0 Å². The first kappa shape index (κ1) is 17.9. The third-order valence-electron chi connectivity index (χ3n) is 4.36. The number of carbonyl (C=O) groups is 1. The van der Waals surface area contributed by atoms with E-state index >= 15 is 0 Å². The molecule has 0 atom stereocenters. The Morgan fingerprint density at radius 1 is 1.08 bits per heavy atom. The Morgan fingerprint density at radius 2 is 1.85 bits per heavy atom. The molecule has 5 heteroatoms. The van der Waals surface area contributed by atoms with Gasteiger partial charge in [0.2, 0.25) is 5.91 Å². The molecule has 0 aliphatic heterocycles. The predicted octanol–water partition coefficient (Wildman–Crippen LogP) is 3.26. The number of benzene rings is 1. The maximum absolute atomic E-state index is 11.9. The molecule has 0 spiro atoms. The second-order valence-corrected chi connectivity index (χ2v) is 6.33. The molecule has 26 heavy (non-hydrogen) atoms. The summed E-state index contributed by atoms with van der Waals surface area (Å²) in [5.41, 5.74) is 4.46. The summed E-state index contributed by atoms with van der Waals surface area (Å²) >= 11 is 0. The number of nitrogens with one attached hydrogen (secondary N) is 1. The van der Waals surface area contributed by atoms with E-state index in [1.165, 1.54) is 5.56 Å². The Kier molecular flexibility index (Phi) is 6.14. The van der Waals surface area contributed by atoms with E-state index in [9.17, 15) is 4.79 Å². The molecular weight excluding hydrogens is 324 g/mol. The van der Waals surface area contributed by atoms with Gasteiger partial charge in [-0.25, -0.2) is 4.68 Å². The molecule has 2 heterocycles. The van der Waals surface area contributed by atoms with Crippen LogP contribution in [0.3, 0.4) is 0 Å². The largest absolute Gasteiger partial charge is 0.356 e. The van der Waals surface area contributed by atoms with E-state index in [0.717, 1.165) is 36.2 Å². The number of carbonyl (C=O) groups excluding carboxylic acids is 1. The van der Waals surface area contributed by atoms with E-state index in [1.54, 1.807) is 12.4 Å². The zero-order chi connectivity index (χ0) is 18.2. The van der Waals surface area contributed by atoms with Crippen LogP contribution >= 0.6 is 0 Å². The van der Waals surface area contributed by atoms with Gasteiger partial charge in [-0.3, -0.25) is 9.78 Å². The number of hydrogen-bond acceptors (Lipinski definition) is 3. The molecule has 0 radical (unpaired) electrons. The summed E-state index contributed by atoms with van der Waals surface area (Å²) in [6.45, 7) is 2.72. The Morgan fingerprint density at radius 3 is 2.62 bits per heavy atom. The first-order chi connectivity index (χ1) is 12.7. The lowest BCUT2D eigenvalue weighted by Crippen LogP contribution is -2.25. The van der Waals surface area contributed by atoms with Gasteiger partial charge in [0.1, 0.15) is 0 Å². The van der Waals surface area contributed by atoms with Gasteiger partial charge in [-0.2, -0.15) is 5.10 Å². The molecule has 0 unspecified atom stereocenters. The Bertz CT molecular complexity index is 828. The lowest BCUT2D eigenvalue weighted by atomic mass is 10.1. The SMILES string of the molecule is Cc1nn(-c2ccccc2)cc1CCCNC(=O)CCc1ccncc1. The van der Waals surface area contributed by atoms with Crippen molar-refractivity contribution in [3.8, 4) is 5.69 Å². The number of hydrogen-bond donors (Lipinski definition) is 1. The highest BCUT2D eigenvalue weighted by atomic mass is 16.1. The molecule has 0 saturated heterocycles. The first-order valence-corrected chi connectivity index (χ1v) is 8.98. The van der Waals surface area contributed by atoms with Crippen molar-refractivity contribution in [2.45, 2.75) is 32.6 Å². The van der Waals surface area contributed by atoms with Gasteiger partial charge < -0.3 is 5.32 Å². The Labute approximate surface area is 154 Å². The number of aryl methyl sites for hydroxylation is 3. The maximum Gasteiger partial charge on any atom is 0.220 e. The molecule has 2 aromatic heterocycles. The molecule has 0 saturated carbocycles. The minimum Gasteiger partial charge on any atom is -0.356 e. The highest BCUT2D eigenvalue weighted by molar-refractivity contribution is 5.76. The van der Waals surface area contributed by atoms with Gasteiger partial charge in [-0.15, -0.1) is 0 Å². The summed E-state index contributed by atoms with van der Waals surface area (Å²) in [5.74, 6) is 0.0958. The zero-order valence-electron chi connectivity index (χ0n) is 15.1.